The number of carboxylic acid groups (broad SMARTS) is 1. The standard InChI is InChI=1S/C36H45N5O4S/c1-4-26(2)33(39-34(42)19-30-22-41(25-37-30)20-27-11-6-5-7-12-27)23-40(24-35(43)38-32(36(44)45)17-18-46-3)21-29-15-10-14-28-13-8-9-16-31(28)29/h5-16,22,25-26,32-33H,4,17-21,23-24H2,1-3H3,(H,38,43)(H,39,42)(H,44,45)/t26-,32-,33+/m0/s1. The summed E-state index contributed by atoms with van der Waals surface area (Å²) in [6.07, 6.45) is 6.88. The first-order valence-electron chi connectivity index (χ1n) is 15.8. The van der Waals surface area contributed by atoms with Crippen LogP contribution in [0.4, 0.5) is 0 Å². The van der Waals surface area contributed by atoms with Crippen LogP contribution in [-0.2, 0) is 33.9 Å². The average Bonchev–Trinajstić information content (AvgIpc) is 3.48. The van der Waals surface area contributed by atoms with Gasteiger partial charge in [-0.3, -0.25) is 14.5 Å². The van der Waals surface area contributed by atoms with E-state index in [2.05, 4.69) is 59.8 Å². The Morgan fingerprint density at radius 2 is 1.72 bits per heavy atom. The molecule has 0 spiro atoms. The summed E-state index contributed by atoms with van der Waals surface area (Å²) in [6.45, 7) is 5.74. The van der Waals surface area contributed by atoms with E-state index in [1.807, 2.05) is 64.4 Å². The Hall–Kier alpha value is -4.15. The van der Waals surface area contributed by atoms with E-state index >= 15 is 0 Å². The van der Waals surface area contributed by atoms with Crippen LogP contribution in [0.15, 0.2) is 85.3 Å². The number of aliphatic carboxylic acids is 1. The summed E-state index contributed by atoms with van der Waals surface area (Å²) in [6, 6.07) is 23.1. The topological polar surface area (TPSA) is 117 Å². The lowest BCUT2D eigenvalue weighted by atomic mass is 9.97. The molecule has 244 valence electrons. The molecule has 4 rings (SSSR count). The van der Waals surface area contributed by atoms with Gasteiger partial charge in [0.2, 0.25) is 11.8 Å². The number of nitrogens with one attached hydrogen (secondary N) is 2. The van der Waals surface area contributed by atoms with E-state index in [0.717, 1.165) is 28.3 Å². The highest BCUT2D eigenvalue weighted by molar-refractivity contribution is 7.98. The smallest absolute Gasteiger partial charge is 0.326 e. The molecule has 4 aromatic rings. The third-order valence-corrected chi connectivity index (χ3v) is 8.90. The summed E-state index contributed by atoms with van der Waals surface area (Å²) in [7, 11) is 0. The predicted molar refractivity (Wildman–Crippen MR) is 185 cm³/mol. The number of carbonyl (C=O) groups excluding carboxylic acids is 2. The number of rotatable bonds is 18. The zero-order chi connectivity index (χ0) is 32.9. The van der Waals surface area contributed by atoms with Crippen LogP contribution in [0.2, 0.25) is 0 Å². The fourth-order valence-corrected chi connectivity index (χ4v) is 6.00. The molecule has 0 aliphatic carbocycles. The van der Waals surface area contributed by atoms with Gasteiger partial charge in [-0.15, -0.1) is 0 Å². The van der Waals surface area contributed by atoms with Crippen LogP contribution in [0.5, 0.6) is 0 Å². The third kappa shape index (κ3) is 10.5. The van der Waals surface area contributed by atoms with Gasteiger partial charge in [0.15, 0.2) is 0 Å². The zero-order valence-electron chi connectivity index (χ0n) is 26.9. The second-order valence-corrected chi connectivity index (χ2v) is 12.8. The second-order valence-electron chi connectivity index (χ2n) is 11.8. The summed E-state index contributed by atoms with van der Waals surface area (Å²) >= 11 is 1.54. The number of hydrogen-bond acceptors (Lipinski definition) is 6. The first-order valence-corrected chi connectivity index (χ1v) is 17.2. The third-order valence-electron chi connectivity index (χ3n) is 8.25. The molecule has 9 nitrogen and oxygen atoms in total. The normalized spacial score (nSPS) is 13.3. The maximum absolute atomic E-state index is 13.3. The number of imidazole rings is 1. The molecule has 3 aromatic carbocycles. The van der Waals surface area contributed by atoms with E-state index < -0.39 is 12.0 Å². The first-order chi connectivity index (χ1) is 22.2. The molecule has 0 saturated heterocycles. The highest BCUT2D eigenvalue weighted by Gasteiger charge is 2.26. The second kappa shape index (κ2) is 17.5. The summed E-state index contributed by atoms with van der Waals surface area (Å²) in [5.41, 5.74) is 2.90. The van der Waals surface area contributed by atoms with Crippen LogP contribution in [0.1, 0.15) is 43.5 Å². The largest absolute Gasteiger partial charge is 0.480 e. The van der Waals surface area contributed by atoms with Crippen molar-refractivity contribution in [2.75, 3.05) is 25.1 Å². The van der Waals surface area contributed by atoms with Gasteiger partial charge in [0.25, 0.3) is 0 Å². The van der Waals surface area contributed by atoms with E-state index in [0.29, 0.717) is 37.5 Å². The lowest BCUT2D eigenvalue weighted by Crippen LogP contribution is -2.51. The number of nitrogens with zero attached hydrogens (tertiary/aromatic N) is 3. The molecule has 0 aliphatic rings. The zero-order valence-corrected chi connectivity index (χ0v) is 27.7. The van der Waals surface area contributed by atoms with Gasteiger partial charge in [-0.05, 0) is 46.2 Å². The maximum atomic E-state index is 13.3. The maximum Gasteiger partial charge on any atom is 0.326 e. The van der Waals surface area contributed by atoms with Crippen molar-refractivity contribution in [1.29, 1.82) is 0 Å². The highest BCUT2D eigenvalue weighted by atomic mass is 32.2. The molecule has 3 N–H and O–H groups in total. The van der Waals surface area contributed by atoms with Crippen molar-refractivity contribution in [1.82, 2.24) is 25.1 Å². The molecular weight excluding hydrogens is 598 g/mol. The molecule has 0 aliphatic heterocycles. The van der Waals surface area contributed by atoms with E-state index in [-0.39, 0.29) is 36.7 Å². The number of fused-ring (bicyclic) bond motifs is 1. The average molecular weight is 644 g/mol. The summed E-state index contributed by atoms with van der Waals surface area (Å²) in [4.78, 5) is 44.9. The van der Waals surface area contributed by atoms with Crippen molar-refractivity contribution in [2.24, 2.45) is 5.92 Å². The Balaban J connectivity index is 1.49. The molecule has 0 saturated carbocycles. The molecule has 3 atom stereocenters. The van der Waals surface area contributed by atoms with Crippen molar-refractivity contribution in [3.63, 3.8) is 0 Å². The van der Waals surface area contributed by atoms with Crippen molar-refractivity contribution in [3.8, 4) is 0 Å². The van der Waals surface area contributed by atoms with E-state index in [9.17, 15) is 19.5 Å². The quantitative estimate of drug-likeness (QED) is 0.140. The number of amides is 2. The van der Waals surface area contributed by atoms with Gasteiger partial charge in [-0.25, -0.2) is 9.78 Å². The summed E-state index contributed by atoms with van der Waals surface area (Å²) < 4.78 is 1.97. The van der Waals surface area contributed by atoms with Crippen LogP contribution < -0.4 is 10.6 Å². The lowest BCUT2D eigenvalue weighted by Gasteiger charge is -2.31. The number of hydrogen-bond donors (Lipinski definition) is 3. The summed E-state index contributed by atoms with van der Waals surface area (Å²) in [5, 5.41) is 17.8. The Morgan fingerprint density at radius 3 is 2.46 bits per heavy atom. The van der Waals surface area contributed by atoms with Crippen molar-refractivity contribution in [2.45, 2.75) is 58.3 Å². The van der Waals surface area contributed by atoms with E-state index in [1.54, 1.807) is 18.1 Å². The van der Waals surface area contributed by atoms with Crippen molar-refractivity contribution in [3.05, 3.63) is 102 Å². The molecule has 0 unspecified atom stereocenters. The molecule has 0 bridgehead atoms. The van der Waals surface area contributed by atoms with Gasteiger partial charge in [-0.1, -0.05) is 93.1 Å². The predicted octanol–water partition coefficient (Wildman–Crippen LogP) is 4.98. The molecule has 0 fully saturated rings. The number of benzene rings is 3. The fourth-order valence-electron chi connectivity index (χ4n) is 5.52. The van der Waals surface area contributed by atoms with Crippen molar-refractivity contribution < 1.29 is 19.5 Å². The monoisotopic (exact) mass is 643 g/mol. The SMILES string of the molecule is CC[C@H](C)[C@@H](CN(CC(=O)N[C@@H](CCSC)C(=O)O)Cc1cccc2ccccc12)NC(=O)Cc1cn(Cc2ccccc2)cn1. The first kappa shape index (κ1) is 34.7. The minimum atomic E-state index is -1.04. The van der Waals surface area contributed by atoms with Crippen LogP contribution in [0.25, 0.3) is 10.8 Å². The van der Waals surface area contributed by atoms with Crippen LogP contribution in [-0.4, -0.2) is 74.5 Å². The molecule has 46 heavy (non-hydrogen) atoms. The minimum absolute atomic E-state index is 0.00103. The lowest BCUT2D eigenvalue weighted by molar-refractivity contribution is -0.142. The van der Waals surface area contributed by atoms with Crippen LogP contribution >= 0.6 is 11.8 Å². The molecule has 1 aromatic heterocycles. The Kier molecular flexibility index (Phi) is 13.2. The highest BCUT2D eigenvalue weighted by Crippen LogP contribution is 2.21. The number of aromatic nitrogens is 2. The van der Waals surface area contributed by atoms with Gasteiger partial charge < -0.3 is 20.3 Å². The van der Waals surface area contributed by atoms with Gasteiger partial charge in [-0.2, -0.15) is 11.8 Å². The molecule has 2 amide bonds. The number of thioether (sulfide) groups is 1. The fraction of sp³-hybridized carbons (Fsp3) is 0.389. The van der Waals surface area contributed by atoms with E-state index in [4.69, 9.17) is 0 Å². The van der Waals surface area contributed by atoms with Gasteiger partial charge >= 0.3 is 5.97 Å². The summed E-state index contributed by atoms with van der Waals surface area (Å²) in [5.74, 6) is -0.770. The van der Waals surface area contributed by atoms with Crippen LogP contribution in [0.3, 0.4) is 0 Å². The molecular formula is C36H45N5O4S. The van der Waals surface area contributed by atoms with Crippen molar-refractivity contribution >= 4 is 40.3 Å². The van der Waals surface area contributed by atoms with Gasteiger partial charge in [0.1, 0.15) is 6.04 Å². The Bertz CT molecular complexity index is 1570. The van der Waals surface area contributed by atoms with Gasteiger partial charge in [0.05, 0.1) is 25.0 Å². The van der Waals surface area contributed by atoms with E-state index in [1.165, 1.54) is 0 Å². The van der Waals surface area contributed by atoms with Gasteiger partial charge in [0, 0.05) is 31.9 Å². The minimum Gasteiger partial charge on any atom is -0.480 e. The molecule has 1 heterocycles. The molecule has 10 heteroatoms. The number of carboxylic acids is 1. The molecule has 0 radical (unpaired) electrons. The van der Waals surface area contributed by atoms with Crippen LogP contribution in [0, 0.1) is 5.92 Å². The Morgan fingerprint density at radius 1 is 0.978 bits per heavy atom. The number of carbonyl (C=O) groups is 3. The Labute approximate surface area is 275 Å².